The number of aliphatic hydroxyl groups is 2. The van der Waals surface area contributed by atoms with Crippen molar-refractivity contribution < 1.29 is 51.9 Å². The minimum atomic E-state index is -4.80. The van der Waals surface area contributed by atoms with E-state index >= 15 is 4.39 Å². The molecule has 0 bridgehead atoms. The molecule has 1 aliphatic heterocycles. The van der Waals surface area contributed by atoms with E-state index in [1.165, 1.54) is 38.1 Å². The number of rotatable bonds is 10. The van der Waals surface area contributed by atoms with E-state index in [9.17, 15) is 28.2 Å². The molecule has 5 rings (SSSR count). The number of aliphatic carboxylic acids is 1. The third-order valence-electron chi connectivity index (χ3n) is 7.98. The lowest BCUT2D eigenvalue weighted by Crippen LogP contribution is -2.40. The standard InChI is InChI=1S/C32H32F4O7/c1-31(2,40)27(37)16-42-20-6-3-17(4-7-20)29-23-9-5-18(30(23)25(33)13-24(29)32(34,35)36)14-41-21-8-10-22-19(11-28(38)39)15-43-26(22)12-21/h3-4,6-8,10,12-13,18-19,27,37,40H,5,9,11,14-16H2,1-2H3,(H,38,39). The van der Waals surface area contributed by atoms with Gasteiger partial charge in [-0.25, -0.2) is 4.39 Å². The Morgan fingerprint density at radius 1 is 1.05 bits per heavy atom. The maximum absolute atomic E-state index is 15.3. The molecule has 43 heavy (non-hydrogen) atoms. The first kappa shape index (κ1) is 30.6. The van der Waals surface area contributed by atoms with Crippen molar-refractivity contribution >= 4 is 5.97 Å². The number of carbonyl (C=O) groups is 1. The van der Waals surface area contributed by atoms with Crippen molar-refractivity contribution in [2.24, 2.45) is 0 Å². The first-order chi connectivity index (χ1) is 20.2. The lowest BCUT2D eigenvalue weighted by Gasteiger charge is -2.24. The number of hydrogen-bond acceptors (Lipinski definition) is 6. The summed E-state index contributed by atoms with van der Waals surface area (Å²) in [6.45, 7) is 2.91. The van der Waals surface area contributed by atoms with E-state index in [0.717, 1.165) is 5.56 Å². The van der Waals surface area contributed by atoms with Crippen LogP contribution >= 0.6 is 0 Å². The van der Waals surface area contributed by atoms with Crippen LogP contribution in [0.4, 0.5) is 17.6 Å². The molecule has 0 saturated carbocycles. The molecule has 1 heterocycles. The Hall–Kier alpha value is -3.83. The summed E-state index contributed by atoms with van der Waals surface area (Å²) in [5.41, 5.74) is -1.08. The molecule has 7 nitrogen and oxygen atoms in total. The van der Waals surface area contributed by atoms with Crippen LogP contribution in [0.25, 0.3) is 11.1 Å². The Morgan fingerprint density at radius 2 is 1.74 bits per heavy atom. The highest BCUT2D eigenvalue weighted by Crippen LogP contribution is 2.47. The molecule has 3 unspecified atom stereocenters. The van der Waals surface area contributed by atoms with Gasteiger partial charge in [-0.3, -0.25) is 4.79 Å². The van der Waals surface area contributed by atoms with Gasteiger partial charge in [0.15, 0.2) is 0 Å². The van der Waals surface area contributed by atoms with Crippen molar-refractivity contribution in [3.05, 3.63) is 76.6 Å². The van der Waals surface area contributed by atoms with Crippen LogP contribution < -0.4 is 14.2 Å². The van der Waals surface area contributed by atoms with Crippen LogP contribution in [0.3, 0.4) is 0 Å². The van der Waals surface area contributed by atoms with Crippen molar-refractivity contribution in [3.8, 4) is 28.4 Å². The number of carboxylic acid groups (broad SMARTS) is 1. The van der Waals surface area contributed by atoms with Crippen molar-refractivity contribution in [3.63, 3.8) is 0 Å². The van der Waals surface area contributed by atoms with E-state index in [4.69, 9.17) is 19.3 Å². The SMILES string of the molecule is CC(C)(O)C(O)COc1ccc(-c2c(C(F)(F)F)cc(F)c3c2CCC3COc2ccc3c(c2)OCC3CC(=O)O)cc1. The second-order valence-electron chi connectivity index (χ2n) is 11.5. The van der Waals surface area contributed by atoms with Gasteiger partial charge in [0.05, 0.1) is 30.8 Å². The van der Waals surface area contributed by atoms with E-state index in [1.54, 1.807) is 18.2 Å². The van der Waals surface area contributed by atoms with Crippen LogP contribution in [0.1, 0.15) is 60.8 Å². The van der Waals surface area contributed by atoms with Crippen LogP contribution in [0.15, 0.2) is 48.5 Å². The van der Waals surface area contributed by atoms with Crippen molar-refractivity contribution in [1.82, 2.24) is 0 Å². The number of halogens is 4. The predicted octanol–water partition coefficient (Wildman–Crippen LogP) is 6.08. The van der Waals surface area contributed by atoms with Gasteiger partial charge in [0.2, 0.25) is 0 Å². The van der Waals surface area contributed by atoms with Crippen molar-refractivity contribution in [1.29, 1.82) is 0 Å². The van der Waals surface area contributed by atoms with E-state index in [0.29, 0.717) is 29.7 Å². The van der Waals surface area contributed by atoms with E-state index in [-0.39, 0.29) is 60.8 Å². The molecular weight excluding hydrogens is 572 g/mol. The number of benzene rings is 3. The summed E-state index contributed by atoms with van der Waals surface area (Å²) in [6, 6.07) is 11.5. The van der Waals surface area contributed by atoms with Crippen LogP contribution in [0.5, 0.6) is 17.2 Å². The first-order valence-corrected chi connectivity index (χ1v) is 13.9. The van der Waals surface area contributed by atoms with Crippen LogP contribution in [-0.4, -0.2) is 52.8 Å². The number of aliphatic hydroxyl groups excluding tert-OH is 1. The van der Waals surface area contributed by atoms with Crippen LogP contribution in [-0.2, 0) is 17.4 Å². The summed E-state index contributed by atoms with van der Waals surface area (Å²) >= 11 is 0. The summed E-state index contributed by atoms with van der Waals surface area (Å²) in [7, 11) is 0. The van der Waals surface area contributed by atoms with Gasteiger partial charge < -0.3 is 29.5 Å². The fourth-order valence-electron chi connectivity index (χ4n) is 5.62. The summed E-state index contributed by atoms with van der Waals surface area (Å²) in [5.74, 6) is -1.39. The molecule has 0 fully saturated rings. The van der Waals surface area contributed by atoms with Gasteiger partial charge in [0.25, 0.3) is 0 Å². The maximum atomic E-state index is 15.3. The number of hydrogen-bond donors (Lipinski definition) is 3. The van der Waals surface area contributed by atoms with Gasteiger partial charge in [-0.1, -0.05) is 18.2 Å². The summed E-state index contributed by atoms with van der Waals surface area (Å²) in [6.07, 6.45) is -5.43. The summed E-state index contributed by atoms with van der Waals surface area (Å²) in [4.78, 5) is 11.1. The van der Waals surface area contributed by atoms with E-state index in [1.807, 2.05) is 0 Å². The molecular formula is C32H32F4O7. The van der Waals surface area contributed by atoms with Gasteiger partial charge >= 0.3 is 12.1 Å². The molecule has 3 aromatic rings. The van der Waals surface area contributed by atoms with Gasteiger partial charge in [-0.15, -0.1) is 0 Å². The summed E-state index contributed by atoms with van der Waals surface area (Å²) < 4.78 is 74.8. The quantitative estimate of drug-likeness (QED) is 0.241. The van der Waals surface area contributed by atoms with Crippen molar-refractivity contribution in [2.45, 2.75) is 62.8 Å². The highest BCUT2D eigenvalue weighted by molar-refractivity contribution is 5.75. The Morgan fingerprint density at radius 3 is 2.40 bits per heavy atom. The normalized spacial score (nSPS) is 18.5. The van der Waals surface area contributed by atoms with E-state index in [2.05, 4.69) is 0 Å². The van der Waals surface area contributed by atoms with Gasteiger partial charge in [0.1, 0.15) is 35.8 Å². The van der Waals surface area contributed by atoms with Gasteiger partial charge in [-0.05, 0) is 73.2 Å². The number of alkyl halides is 3. The molecule has 2 aliphatic rings. The Labute approximate surface area is 245 Å². The first-order valence-electron chi connectivity index (χ1n) is 13.9. The van der Waals surface area contributed by atoms with Crippen LogP contribution in [0, 0.1) is 5.82 Å². The molecule has 230 valence electrons. The third kappa shape index (κ3) is 6.57. The minimum absolute atomic E-state index is 0.0301. The fourth-order valence-corrected chi connectivity index (χ4v) is 5.62. The van der Waals surface area contributed by atoms with E-state index < -0.39 is 41.1 Å². The average Bonchev–Trinajstić information content (AvgIpc) is 3.54. The number of ether oxygens (including phenoxy) is 3. The largest absolute Gasteiger partial charge is 0.493 e. The number of carboxylic acids is 1. The molecule has 0 radical (unpaired) electrons. The fraction of sp³-hybridized carbons (Fsp3) is 0.406. The molecule has 3 aromatic carbocycles. The smallest absolute Gasteiger partial charge is 0.417 e. The van der Waals surface area contributed by atoms with Crippen molar-refractivity contribution in [2.75, 3.05) is 19.8 Å². The zero-order valence-electron chi connectivity index (χ0n) is 23.6. The Bertz CT molecular complexity index is 1500. The monoisotopic (exact) mass is 604 g/mol. The van der Waals surface area contributed by atoms with Crippen LogP contribution in [0.2, 0.25) is 0 Å². The Balaban J connectivity index is 1.38. The topological polar surface area (TPSA) is 105 Å². The summed E-state index contributed by atoms with van der Waals surface area (Å²) in [5, 5.41) is 29.0. The molecule has 3 N–H and O–H groups in total. The molecule has 0 saturated heterocycles. The molecule has 11 heteroatoms. The van der Waals surface area contributed by atoms with Gasteiger partial charge in [-0.2, -0.15) is 13.2 Å². The molecule has 3 atom stereocenters. The number of fused-ring (bicyclic) bond motifs is 2. The lowest BCUT2D eigenvalue weighted by atomic mass is 9.89. The minimum Gasteiger partial charge on any atom is -0.493 e. The maximum Gasteiger partial charge on any atom is 0.417 e. The zero-order valence-corrected chi connectivity index (χ0v) is 23.6. The second-order valence-corrected chi connectivity index (χ2v) is 11.5. The molecule has 0 aromatic heterocycles. The lowest BCUT2D eigenvalue weighted by molar-refractivity contribution is -0.138. The third-order valence-corrected chi connectivity index (χ3v) is 7.98. The zero-order chi connectivity index (χ0) is 31.1. The average molecular weight is 605 g/mol. The molecule has 0 spiro atoms. The molecule has 0 amide bonds. The predicted molar refractivity (Wildman–Crippen MR) is 148 cm³/mol. The second kappa shape index (κ2) is 11.7. The molecule has 1 aliphatic carbocycles. The highest BCUT2D eigenvalue weighted by Gasteiger charge is 2.40. The highest BCUT2D eigenvalue weighted by atomic mass is 19.4. The van der Waals surface area contributed by atoms with Gasteiger partial charge in [0, 0.05) is 23.5 Å². The Kier molecular flexibility index (Phi) is 8.32.